The zero-order valence-corrected chi connectivity index (χ0v) is 12.2. The molecular formula is C11H13BrCl2S. The Morgan fingerprint density at radius 1 is 1.47 bits per heavy atom. The summed E-state index contributed by atoms with van der Waals surface area (Å²) in [6, 6.07) is 2.06. The molecule has 2 rings (SSSR count). The number of hydrogen-bond donors (Lipinski definition) is 0. The van der Waals surface area contributed by atoms with Crippen LogP contribution in [0.25, 0.3) is 0 Å². The molecule has 1 unspecified atom stereocenters. The van der Waals surface area contributed by atoms with Crippen molar-refractivity contribution in [2.45, 2.75) is 37.5 Å². The molecule has 0 N–H and O–H groups in total. The first kappa shape index (κ1) is 12.2. The van der Waals surface area contributed by atoms with Crippen LogP contribution in [-0.2, 0) is 0 Å². The summed E-state index contributed by atoms with van der Waals surface area (Å²) >= 11 is 17.4. The molecule has 0 saturated heterocycles. The second kappa shape index (κ2) is 5.39. The van der Waals surface area contributed by atoms with E-state index in [-0.39, 0.29) is 5.38 Å². The van der Waals surface area contributed by atoms with Crippen molar-refractivity contribution < 1.29 is 0 Å². The lowest BCUT2D eigenvalue weighted by molar-refractivity contribution is 0.498. The number of rotatable bonds is 3. The summed E-state index contributed by atoms with van der Waals surface area (Å²) in [6.45, 7) is 0. The Morgan fingerprint density at radius 3 is 2.67 bits per heavy atom. The number of alkyl halides is 1. The molecule has 0 nitrogen and oxygen atoms in total. The first-order valence-corrected chi connectivity index (χ1v) is 7.68. The molecule has 1 atom stereocenters. The van der Waals surface area contributed by atoms with Crippen LogP contribution in [-0.4, -0.2) is 0 Å². The highest BCUT2D eigenvalue weighted by atomic mass is 79.9. The van der Waals surface area contributed by atoms with E-state index in [1.54, 1.807) is 11.3 Å². The zero-order chi connectivity index (χ0) is 10.8. The Kier molecular flexibility index (Phi) is 4.40. The van der Waals surface area contributed by atoms with Gasteiger partial charge in [0, 0.05) is 9.35 Å². The molecule has 0 aliphatic heterocycles. The van der Waals surface area contributed by atoms with Crippen LogP contribution in [0.1, 0.15) is 42.4 Å². The average Bonchev–Trinajstić information content (AvgIpc) is 2.78. The van der Waals surface area contributed by atoms with Gasteiger partial charge in [-0.05, 0) is 34.3 Å². The van der Waals surface area contributed by atoms with Gasteiger partial charge < -0.3 is 0 Å². The van der Waals surface area contributed by atoms with Gasteiger partial charge in [-0.1, -0.05) is 37.3 Å². The smallest absolute Gasteiger partial charge is 0.107 e. The fourth-order valence-electron chi connectivity index (χ4n) is 2.17. The molecule has 0 bridgehead atoms. The minimum Gasteiger partial charge on any atom is -0.126 e. The quantitative estimate of drug-likeness (QED) is 0.595. The van der Waals surface area contributed by atoms with Crippen molar-refractivity contribution in [1.82, 2.24) is 0 Å². The van der Waals surface area contributed by atoms with Crippen molar-refractivity contribution in [3.05, 3.63) is 19.8 Å². The molecule has 0 aromatic carbocycles. The Balaban J connectivity index is 1.97. The van der Waals surface area contributed by atoms with Gasteiger partial charge in [0.2, 0.25) is 0 Å². The van der Waals surface area contributed by atoms with E-state index < -0.39 is 0 Å². The third-order valence-electron chi connectivity index (χ3n) is 2.99. The maximum absolute atomic E-state index is 6.40. The minimum absolute atomic E-state index is 0.141. The molecule has 15 heavy (non-hydrogen) atoms. The average molecular weight is 328 g/mol. The van der Waals surface area contributed by atoms with E-state index >= 15 is 0 Å². The van der Waals surface area contributed by atoms with Crippen molar-refractivity contribution in [3.63, 3.8) is 0 Å². The van der Waals surface area contributed by atoms with E-state index in [0.29, 0.717) is 0 Å². The van der Waals surface area contributed by atoms with Crippen molar-refractivity contribution in [2.75, 3.05) is 0 Å². The van der Waals surface area contributed by atoms with Gasteiger partial charge in [0.1, 0.15) is 4.34 Å². The van der Waals surface area contributed by atoms with Gasteiger partial charge in [0.25, 0.3) is 0 Å². The summed E-state index contributed by atoms with van der Waals surface area (Å²) in [7, 11) is 0. The molecule has 1 aromatic heterocycles. The molecular weight excluding hydrogens is 315 g/mol. The predicted molar refractivity (Wildman–Crippen MR) is 72.2 cm³/mol. The van der Waals surface area contributed by atoms with E-state index in [1.807, 2.05) is 0 Å². The SMILES string of the molecule is Clc1sc(C(Cl)CC2CCCC2)cc1Br. The summed E-state index contributed by atoms with van der Waals surface area (Å²) in [6.07, 6.45) is 6.56. The summed E-state index contributed by atoms with van der Waals surface area (Å²) in [4.78, 5) is 1.19. The summed E-state index contributed by atoms with van der Waals surface area (Å²) < 4.78 is 1.78. The summed E-state index contributed by atoms with van der Waals surface area (Å²) in [5.41, 5.74) is 0. The lowest BCUT2D eigenvalue weighted by Crippen LogP contribution is -1.97. The molecule has 1 saturated carbocycles. The molecule has 84 valence electrons. The van der Waals surface area contributed by atoms with Gasteiger partial charge >= 0.3 is 0 Å². The first-order valence-electron chi connectivity index (χ1n) is 5.25. The van der Waals surface area contributed by atoms with Crippen LogP contribution >= 0.6 is 50.5 Å². The van der Waals surface area contributed by atoms with E-state index in [9.17, 15) is 0 Å². The molecule has 1 heterocycles. The highest BCUT2D eigenvalue weighted by Crippen LogP contribution is 2.42. The van der Waals surface area contributed by atoms with Crippen LogP contribution < -0.4 is 0 Å². The van der Waals surface area contributed by atoms with Gasteiger partial charge in [-0.15, -0.1) is 22.9 Å². The maximum Gasteiger partial charge on any atom is 0.107 e. The van der Waals surface area contributed by atoms with Gasteiger partial charge in [-0.3, -0.25) is 0 Å². The van der Waals surface area contributed by atoms with Crippen LogP contribution in [0.5, 0.6) is 0 Å². The highest BCUT2D eigenvalue weighted by Gasteiger charge is 2.21. The largest absolute Gasteiger partial charge is 0.126 e. The van der Waals surface area contributed by atoms with Crippen molar-refractivity contribution in [1.29, 1.82) is 0 Å². The van der Waals surface area contributed by atoms with Gasteiger partial charge in [0.05, 0.1) is 5.38 Å². The molecule has 1 aliphatic carbocycles. The Hall–Kier alpha value is 0.760. The fourth-order valence-corrected chi connectivity index (χ4v) is 4.35. The van der Waals surface area contributed by atoms with Gasteiger partial charge in [0.15, 0.2) is 0 Å². The van der Waals surface area contributed by atoms with Crippen LogP contribution in [0.4, 0.5) is 0 Å². The second-order valence-electron chi connectivity index (χ2n) is 4.12. The maximum atomic E-state index is 6.40. The molecule has 1 fully saturated rings. The summed E-state index contributed by atoms with van der Waals surface area (Å²) in [5, 5.41) is 0.141. The Bertz CT molecular complexity index is 312. The number of halogens is 3. The number of hydrogen-bond acceptors (Lipinski definition) is 1. The molecule has 0 spiro atoms. The highest BCUT2D eigenvalue weighted by molar-refractivity contribution is 9.10. The van der Waals surface area contributed by atoms with Crippen molar-refractivity contribution in [3.8, 4) is 0 Å². The molecule has 0 radical (unpaired) electrons. The summed E-state index contributed by atoms with van der Waals surface area (Å²) in [5.74, 6) is 0.826. The van der Waals surface area contributed by atoms with Crippen molar-refractivity contribution in [2.24, 2.45) is 5.92 Å². The van der Waals surface area contributed by atoms with Gasteiger partial charge in [-0.25, -0.2) is 0 Å². The third-order valence-corrected chi connectivity index (χ3v) is 6.12. The van der Waals surface area contributed by atoms with Crippen molar-refractivity contribution >= 4 is 50.5 Å². The van der Waals surface area contributed by atoms with Crippen LogP contribution in [0.2, 0.25) is 4.34 Å². The third kappa shape index (κ3) is 3.12. The van der Waals surface area contributed by atoms with Crippen LogP contribution in [0.15, 0.2) is 10.5 Å². The van der Waals surface area contributed by atoms with E-state index in [4.69, 9.17) is 23.2 Å². The van der Waals surface area contributed by atoms with E-state index in [1.165, 1.54) is 30.6 Å². The lowest BCUT2D eigenvalue weighted by atomic mass is 10.0. The first-order chi connectivity index (χ1) is 7.16. The second-order valence-corrected chi connectivity index (χ2v) is 7.19. The van der Waals surface area contributed by atoms with Crippen LogP contribution in [0, 0.1) is 5.92 Å². The topological polar surface area (TPSA) is 0 Å². The normalized spacial score (nSPS) is 19.7. The zero-order valence-electron chi connectivity index (χ0n) is 8.31. The number of thiophene rings is 1. The molecule has 1 aliphatic rings. The molecule has 4 heteroatoms. The predicted octanol–water partition coefficient (Wildman–Crippen LogP) is 6.02. The standard InChI is InChI=1S/C11H13BrCl2S/c12-8-6-10(15-11(8)14)9(13)5-7-3-1-2-4-7/h6-7,9H,1-5H2. The van der Waals surface area contributed by atoms with E-state index in [0.717, 1.165) is 21.1 Å². The van der Waals surface area contributed by atoms with Gasteiger partial charge in [-0.2, -0.15) is 0 Å². The molecule has 0 amide bonds. The lowest BCUT2D eigenvalue weighted by Gasteiger charge is -2.12. The van der Waals surface area contributed by atoms with Crippen LogP contribution in [0.3, 0.4) is 0 Å². The minimum atomic E-state index is 0.141. The van der Waals surface area contributed by atoms with E-state index in [2.05, 4.69) is 22.0 Å². The molecule has 1 aromatic rings. The Labute approximate surface area is 113 Å². The fraction of sp³-hybridized carbons (Fsp3) is 0.636. The monoisotopic (exact) mass is 326 g/mol. The Morgan fingerprint density at radius 2 is 2.13 bits per heavy atom.